The highest BCUT2D eigenvalue weighted by atomic mass is 19.1. The maximum absolute atomic E-state index is 14.6. The molecule has 4 atom stereocenters. The van der Waals surface area contributed by atoms with Crippen molar-refractivity contribution in [3.63, 3.8) is 0 Å². The van der Waals surface area contributed by atoms with E-state index in [0.717, 1.165) is 0 Å². The van der Waals surface area contributed by atoms with Crippen LogP contribution in [0.2, 0.25) is 0 Å². The number of urea groups is 1. The molecular formula is C29H36FN3O6. The van der Waals surface area contributed by atoms with Crippen molar-refractivity contribution in [2.75, 3.05) is 34.5 Å². The molecule has 2 aromatic carbocycles. The van der Waals surface area contributed by atoms with Crippen LogP contribution >= 0.6 is 0 Å². The molecule has 0 radical (unpaired) electrons. The van der Waals surface area contributed by atoms with Crippen LogP contribution in [0.5, 0.6) is 0 Å². The quantitative estimate of drug-likeness (QED) is 0.438. The van der Waals surface area contributed by atoms with Crippen LogP contribution in [0.4, 0.5) is 9.18 Å². The summed E-state index contributed by atoms with van der Waals surface area (Å²) in [7, 11) is 4.78. The summed E-state index contributed by atoms with van der Waals surface area (Å²) in [4.78, 5) is 42.6. The van der Waals surface area contributed by atoms with Crippen LogP contribution in [0.15, 0.2) is 48.5 Å². The van der Waals surface area contributed by atoms with Crippen LogP contribution in [-0.4, -0.2) is 80.4 Å². The van der Waals surface area contributed by atoms with Gasteiger partial charge < -0.3 is 24.4 Å². The number of rotatable bonds is 11. The summed E-state index contributed by atoms with van der Waals surface area (Å²) in [6, 6.07) is 12.2. The summed E-state index contributed by atoms with van der Waals surface area (Å²) >= 11 is 0. The number of nitrogens with one attached hydrogen (secondary N) is 1. The van der Waals surface area contributed by atoms with Crippen LogP contribution < -0.4 is 5.32 Å². The van der Waals surface area contributed by atoms with E-state index in [9.17, 15) is 18.8 Å². The zero-order valence-electron chi connectivity index (χ0n) is 22.6. The monoisotopic (exact) mass is 541 g/mol. The van der Waals surface area contributed by atoms with Gasteiger partial charge in [0.05, 0.1) is 31.2 Å². The lowest BCUT2D eigenvalue weighted by atomic mass is 9.77. The number of imide groups is 1. The third-order valence-electron chi connectivity index (χ3n) is 7.57. The molecule has 4 rings (SSSR count). The van der Waals surface area contributed by atoms with Gasteiger partial charge in [0.15, 0.2) is 0 Å². The van der Waals surface area contributed by atoms with Gasteiger partial charge >= 0.3 is 6.03 Å². The minimum atomic E-state index is -0.511. The van der Waals surface area contributed by atoms with Crippen molar-refractivity contribution in [1.82, 2.24) is 15.1 Å². The van der Waals surface area contributed by atoms with Crippen LogP contribution in [0, 0.1) is 11.7 Å². The summed E-state index contributed by atoms with van der Waals surface area (Å²) in [5, 5.41) is 2.83. The molecule has 1 N–H and O–H groups in total. The fourth-order valence-electron chi connectivity index (χ4n) is 5.42. The molecule has 1 saturated carbocycles. The molecule has 2 aliphatic rings. The van der Waals surface area contributed by atoms with E-state index in [1.807, 2.05) is 0 Å². The van der Waals surface area contributed by atoms with Crippen molar-refractivity contribution in [2.24, 2.45) is 5.92 Å². The van der Waals surface area contributed by atoms with Crippen LogP contribution in [0.1, 0.15) is 40.7 Å². The van der Waals surface area contributed by atoms with Gasteiger partial charge in [0.25, 0.3) is 5.91 Å². The minimum absolute atomic E-state index is 0.0344. The van der Waals surface area contributed by atoms with Crippen LogP contribution in [-0.2, 0) is 32.1 Å². The molecule has 10 heteroatoms. The molecule has 2 aromatic rings. The van der Waals surface area contributed by atoms with Crippen molar-refractivity contribution in [2.45, 2.75) is 50.6 Å². The molecule has 0 bridgehead atoms. The maximum Gasteiger partial charge on any atom is 0.327 e. The Labute approximate surface area is 228 Å². The van der Waals surface area contributed by atoms with Gasteiger partial charge in [-0.25, -0.2) is 9.18 Å². The number of carbonyl (C=O) groups is 3. The highest BCUT2D eigenvalue weighted by Crippen LogP contribution is 2.38. The van der Waals surface area contributed by atoms with Gasteiger partial charge in [-0.3, -0.25) is 14.5 Å². The van der Waals surface area contributed by atoms with Gasteiger partial charge in [0.1, 0.15) is 5.82 Å². The molecule has 4 unspecified atom stereocenters. The molecule has 0 spiro atoms. The smallest absolute Gasteiger partial charge is 0.327 e. The summed E-state index contributed by atoms with van der Waals surface area (Å²) < 4.78 is 30.8. The number of amides is 4. The number of ether oxygens (including phenoxy) is 3. The Morgan fingerprint density at radius 3 is 2.33 bits per heavy atom. The number of hydrogen-bond donors (Lipinski definition) is 1. The predicted molar refractivity (Wildman–Crippen MR) is 141 cm³/mol. The predicted octanol–water partition coefficient (Wildman–Crippen LogP) is 3.37. The highest BCUT2D eigenvalue weighted by Gasteiger charge is 2.51. The molecular weight excluding hydrogens is 505 g/mol. The van der Waals surface area contributed by atoms with E-state index in [4.69, 9.17) is 14.2 Å². The van der Waals surface area contributed by atoms with Gasteiger partial charge in [0, 0.05) is 51.6 Å². The Hall–Kier alpha value is -3.34. The molecule has 1 saturated heterocycles. The Bertz CT molecular complexity index is 1160. The standard InChI is InChI=1S/C29H36FN3O6/c1-37-14-6-13-31-27(34)20-11-9-19(10-12-20)17-33-28(35)22-15-25(38-2)26(39-3)16-24(22)32(29(33)36)18-21-7-4-5-8-23(21)30/h4-5,7-12,22,24-26H,6,13-18H2,1-3H3,(H,31,34). The number of halogens is 1. The zero-order chi connectivity index (χ0) is 27.9. The summed E-state index contributed by atoms with van der Waals surface area (Å²) in [6.45, 7) is 1.13. The van der Waals surface area contributed by atoms with E-state index in [-0.39, 0.29) is 37.1 Å². The first-order chi connectivity index (χ1) is 18.9. The van der Waals surface area contributed by atoms with Gasteiger partial charge in [0.2, 0.25) is 5.91 Å². The first-order valence-electron chi connectivity index (χ1n) is 13.1. The van der Waals surface area contributed by atoms with Gasteiger partial charge in [-0.15, -0.1) is 0 Å². The fourth-order valence-corrected chi connectivity index (χ4v) is 5.42. The first kappa shape index (κ1) is 28.7. The van der Waals surface area contributed by atoms with Crippen molar-refractivity contribution < 1.29 is 33.0 Å². The van der Waals surface area contributed by atoms with E-state index in [1.165, 1.54) is 11.0 Å². The molecule has 4 amide bonds. The molecule has 1 aliphatic heterocycles. The Kier molecular flexibility index (Phi) is 9.66. The van der Waals surface area contributed by atoms with Crippen LogP contribution in [0.3, 0.4) is 0 Å². The van der Waals surface area contributed by atoms with E-state index in [1.54, 1.807) is 68.7 Å². The number of hydrogen-bond acceptors (Lipinski definition) is 6. The van der Waals surface area contributed by atoms with E-state index < -0.39 is 23.8 Å². The fraction of sp³-hybridized carbons (Fsp3) is 0.483. The highest BCUT2D eigenvalue weighted by molar-refractivity contribution is 5.99. The number of benzene rings is 2. The van der Waals surface area contributed by atoms with Gasteiger partial charge in [-0.2, -0.15) is 0 Å². The van der Waals surface area contributed by atoms with Gasteiger partial charge in [-0.05, 0) is 43.0 Å². The van der Waals surface area contributed by atoms with Crippen molar-refractivity contribution >= 4 is 17.8 Å². The second-order valence-corrected chi connectivity index (χ2v) is 9.92. The van der Waals surface area contributed by atoms with Crippen LogP contribution in [0.25, 0.3) is 0 Å². The second kappa shape index (κ2) is 13.1. The summed E-state index contributed by atoms with van der Waals surface area (Å²) in [5.74, 6) is -1.41. The molecule has 39 heavy (non-hydrogen) atoms. The lowest BCUT2D eigenvalue weighted by Crippen LogP contribution is -2.64. The average molecular weight is 542 g/mol. The summed E-state index contributed by atoms with van der Waals surface area (Å²) in [5.41, 5.74) is 1.56. The third-order valence-corrected chi connectivity index (χ3v) is 7.57. The number of nitrogens with zero attached hydrogens (tertiary/aromatic N) is 2. The lowest BCUT2D eigenvalue weighted by Gasteiger charge is -2.50. The second-order valence-electron chi connectivity index (χ2n) is 9.92. The van der Waals surface area contributed by atoms with E-state index in [2.05, 4.69) is 5.32 Å². The topological polar surface area (TPSA) is 97.4 Å². The number of methoxy groups -OCH3 is 3. The van der Waals surface area contributed by atoms with Crippen molar-refractivity contribution in [1.29, 1.82) is 0 Å². The van der Waals surface area contributed by atoms with Gasteiger partial charge in [-0.1, -0.05) is 30.3 Å². The lowest BCUT2D eigenvalue weighted by molar-refractivity contribution is -0.152. The normalized spacial score (nSPS) is 23.1. The molecule has 1 heterocycles. The number of fused-ring (bicyclic) bond motifs is 1. The molecule has 0 aromatic heterocycles. The Morgan fingerprint density at radius 1 is 0.974 bits per heavy atom. The van der Waals surface area contributed by atoms with Crippen molar-refractivity contribution in [3.8, 4) is 0 Å². The number of carbonyl (C=O) groups excluding carboxylic acids is 3. The molecule has 210 valence electrons. The molecule has 9 nitrogen and oxygen atoms in total. The zero-order valence-corrected chi connectivity index (χ0v) is 22.6. The van der Waals surface area contributed by atoms with Crippen molar-refractivity contribution in [3.05, 3.63) is 71.0 Å². The third kappa shape index (κ3) is 6.46. The largest absolute Gasteiger partial charge is 0.385 e. The molecule has 1 aliphatic carbocycles. The SMILES string of the molecule is COCCCNC(=O)c1ccc(CN2C(=O)C3CC(OC)C(OC)CC3N(Cc3ccccc3F)C2=O)cc1. The average Bonchev–Trinajstić information content (AvgIpc) is 2.96. The molecule has 2 fully saturated rings. The van der Waals surface area contributed by atoms with E-state index >= 15 is 0 Å². The maximum atomic E-state index is 14.6. The first-order valence-corrected chi connectivity index (χ1v) is 13.1. The Morgan fingerprint density at radius 2 is 1.67 bits per heavy atom. The minimum Gasteiger partial charge on any atom is -0.385 e. The summed E-state index contributed by atoms with van der Waals surface area (Å²) in [6.07, 6.45) is 0.915. The Balaban J connectivity index is 1.55. The van der Waals surface area contributed by atoms with E-state index in [0.29, 0.717) is 49.1 Å².